The molecule has 0 fully saturated rings. The lowest BCUT2D eigenvalue weighted by Crippen LogP contribution is -2.05. The SMILES string of the molecule is [C-]#[N+]c1ccc(-n2c3ccc(C(F)(F)F)cc3c3cc(C(F)(F)F)ccc32)c(-c2ccc(-c3ccc(C#N)cc3C)cc2-n2c3ccc(C)cc3c3cc(C)ccc32)c1. The van der Waals surface area contributed by atoms with E-state index in [-0.39, 0.29) is 27.5 Å². The summed E-state index contributed by atoms with van der Waals surface area (Å²) in [6.07, 6.45) is -9.48. The van der Waals surface area contributed by atoms with Gasteiger partial charge in [-0.1, -0.05) is 47.5 Å². The molecule has 0 N–H and O–H groups in total. The fourth-order valence-electron chi connectivity index (χ4n) is 8.32. The topological polar surface area (TPSA) is 38.0 Å². The second kappa shape index (κ2) is 13.4. The van der Waals surface area contributed by atoms with Gasteiger partial charge in [0.1, 0.15) is 0 Å². The summed E-state index contributed by atoms with van der Waals surface area (Å²) >= 11 is 0. The quantitative estimate of drug-likeness (QED) is 0.129. The Balaban J connectivity index is 1.41. The lowest BCUT2D eigenvalue weighted by Gasteiger charge is -2.20. The fraction of sp³-hybridized carbons (Fsp3) is 0.102. The standard InChI is InChI=1S/C49H30F6N4/c1-27-5-14-42-37(19-27)38-20-28(2)6-15-43(38)59(42)47-22-31(35-12-7-30(26-56)21-29(35)3)8-13-36(47)41-25-34(57-4)11-18-46(41)58-44-16-9-32(48(50,51)52)23-39(44)40-24-33(49(53,54)55)10-17-45(40)58/h5-25H,1-3H3. The Kier molecular flexibility index (Phi) is 8.46. The highest BCUT2D eigenvalue weighted by molar-refractivity contribution is 6.12. The molecule has 0 amide bonds. The molecule has 0 saturated carbocycles. The van der Waals surface area contributed by atoms with Gasteiger partial charge in [0.05, 0.1) is 62.8 Å². The van der Waals surface area contributed by atoms with E-state index in [0.29, 0.717) is 22.4 Å². The Bertz CT molecular complexity index is 3180. The molecule has 0 atom stereocenters. The summed E-state index contributed by atoms with van der Waals surface area (Å²) in [6, 6.07) is 37.3. The van der Waals surface area contributed by atoms with E-state index < -0.39 is 23.5 Å². The number of aromatic nitrogens is 2. The van der Waals surface area contributed by atoms with Crippen LogP contribution >= 0.6 is 0 Å². The van der Waals surface area contributed by atoms with Gasteiger partial charge in [-0.3, -0.25) is 0 Å². The molecule has 7 aromatic carbocycles. The average Bonchev–Trinajstić information content (AvgIpc) is 3.70. The van der Waals surface area contributed by atoms with Gasteiger partial charge in [-0.25, -0.2) is 4.85 Å². The van der Waals surface area contributed by atoms with Crippen LogP contribution in [0.3, 0.4) is 0 Å². The predicted molar refractivity (Wildman–Crippen MR) is 221 cm³/mol. The molecule has 2 aromatic heterocycles. The summed E-state index contributed by atoms with van der Waals surface area (Å²) in [5.74, 6) is 0. The highest BCUT2D eigenvalue weighted by Crippen LogP contribution is 2.45. The minimum absolute atomic E-state index is 0.00105. The van der Waals surface area contributed by atoms with Crippen LogP contribution in [0.5, 0.6) is 0 Å². The van der Waals surface area contributed by atoms with Crippen LogP contribution in [-0.4, -0.2) is 9.13 Å². The summed E-state index contributed by atoms with van der Waals surface area (Å²) in [7, 11) is 0. The van der Waals surface area contributed by atoms with Crippen molar-refractivity contribution in [2.75, 3.05) is 0 Å². The van der Waals surface area contributed by atoms with E-state index in [1.807, 2.05) is 63.2 Å². The number of hydrogen-bond donors (Lipinski definition) is 0. The Morgan fingerprint density at radius 2 is 1.02 bits per heavy atom. The number of rotatable bonds is 4. The van der Waals surface area contributed by atoms with Crippen molar-refractivity contribution in [2.45, 2.75) is 33.1 Å². The van der Waals surface area contributed by atoms with E-state index in [9.17, 15) is 31.6 Å². The van der Waals surface area contributed by atoms with Crippen LogP contribution in [0.1, 0.15) is 33.4 Å². The Hall–Kier alpha value is -7.30. The van der Waals surface area contributed by atoms with Gasteiger partial charge in [-0.2, -0.15) is 31.6 Å². The summed E-state index contributed by atoms with van der Waals surface area (Å²) in [4.78, 5) is 3.74. The maximum atomic E-state index is 14.1. The number of benzene rings is 7. The van der Waals surface area contributed by atoms with Gasteiger partial charge in [-0.15, -0.1) is 0 Å². The first-order chi connectivity index (χ1) is 28.1. The van der Waals surface area contributed by atoms with Crippen LogP contribution in [-0.2, 0) is 12.4 Å². The van der Waals surface area contributed by atoms with E-state index in [1.54, 1.807) is 28.8 Å². The molecule has 0 aliphatic carbocycles. The molecule has 0 aliphatic heterocycles. The maximum absolute atomic E-state index is 14.1. The number of nitriles is 1. The number of hydrogen-bond acceptors (Lipinski definition) is 1. The highest BCUT2D eigenvalue weighted by atomic mass is 19.4. The smallest absolute Gasteiger partial charge is 0.309 e. The third kappa shape index (κ3) is 6.16. The van der Waals surface area contributed by atoms with Crippen molar-refractivity contribution in [2.24, 2.45) is 0 Å². The van der Waals surface area contributed by atoms with Crippen molar-refractivity contribution >= 4 is 49.3 Å². The van der Waals surface area contributed by atoms with Crippen LogP contribution < -0.4 is 0 Å². The van der Waals surface area contributed by atoms with E-state index in [0.717, 1.165) is 79.6 Å². The molecule has 2 heterocycles. The van der Waals surface area contributed by atoms with Crippen LogP contribution in [0.2, 0.25) is 0 Å². The van der Waals surface area contributed by atoms with E-state index >= 15 is 0 Å². The molecule has 0 bridgehead atoms. The fourth-order valence-corrected chi connectivity index (χ4v) is 8.32. The van der Waals surface area contributed by atoms with Crippen molar-refractivity contribution in [3.05, 3.63) is 172 Å². The zero-order chi connectivity index (χ0) is 41.5. The summed E-state index contributed by atoms with van der Waals surface area (Å²) in [6.45, 7) is 14.0. The Morgan fingerprint density at radius 1 is 0.508 bits per heavy atom. The van der Waals surface area contributed by atoms with Crippen molar-refractivity contribution in [1.82, 2.24) is 9.13 Å². The molecule has 0 aliphatic rings. The number of alkyl halides is 6. The largest absolute Gasteiger partial charge is 0.416 e. The lowest BCUT2D eigenvalue weighted by molar-refractivity contribution is -0.138. The van der Waals surface area contributed by atoms with Gasteiger partial charge in [0.2, 0.25) is 0 Å². The molecule has 59 heavy (non-hydrogen) atoms. The van der Waals surface area contributed by atoms with Gasteiger partial charge >= 0.3 is 12.4 Å². The second-order valence-corrected chi connectivity index (χ2v) is 14.9. The molecule has 288 valence electrons. The molecule has 0 unspecified atom stereocenters. The molecule has 10 heteroatoms. The third-order valence-corrected chi connectivity index (χ3v) is 11.0. The van der Waals surface area contributed by atoms with Crippen LogP contribution in [0, 0.1) is 38.7 Å². The van der Waals surface area contributed by atoms with Crippen molar-refractivity contribution in [3.63, 3.8) is 0 Å². The van der Waals surface area contributed by atoms with Gasteiger partial charge in [0, 0.05) is 27.1 Å². The Morgan fingerprint density at radius 3 is 1.53 bits per heavy atom. The van der Waals surface area contributed by atoms with Crippen molar-refractivity contribution in [3.8, 4) is 39.7 Å². The monoisotopic (exact) mass is 788 g/mol. The van der Waals surface area contributed by atoms with E-state index in [1.165, 1.54) is 12.1 Å². The van der Waals surface area contributed by atoms with Crippen molar-refractivity contribution in [1.29, 1.82) is 5.26 Å². The summed E-state index contributed by atoms with van der Waals surface area (Å²) in [5, 5.41) is 11.6. The molecule has 4 nitrogen and oxygen atoms in total. The highest BCUT2D eigenvalue weighted by Gasteiger charge is 2.34. The van der Waals surface area contributed by atoms with E-state index in [4.69, 9.17) is 6.57 Å². The summed E-state index contributed by atoms with van der Waals surface area (Å²) in [5.41, 5.74) is 8.30. The summed E-state index contributed by atoms with van der Waals surface area (Å²) < 4.78 is 88.5. The molecule has 0 saturated heterocycles. The molecular weight excluding hydrogens is 759 g/mol. The molecule has 0 radical (unpaired) electrons. The number of aryl methyl sites for hydroxylation is 3. The first-order valence-electron chi connectivity index (χ1n) is 18.6. The van der Waals surface area contributed by atoms with Crippen LogP contribution in [0.25, 0.3) is 82.1 Å². The molecule has 9 aromatic rings. The number of fused-ring (bicyclic) bond motifs is 6. The minimum Gasteiger partial charge on any atom is -0.309 e. The number of nitrogens with zero attached hydrogens (tertiary/aromatic N) is 4. The van der Waals surface area contributed by atoms with Crippen molar-refractivity contribution < 1.29 is 26.3 Å². The van der Waals surface area contributed by atoms with Gasteiger partial charge in [0.25, 0.3) is 0 Å². The number of halogens is 6. The molecular formula is C49H30F6N4. The average molecular weight is 789 g/mol. The Labute approximate surface area is 334 Å². The maximum Gasteiger partial charge on any atom is 0.416 e. The second-order valence-electron chi connectivity index (χ2n) is 14.9. The van der Waals surface area contributed by atoms with Gasteiger partial charge in [-0.05, 0) is 134 Å². The van der Waals surface area contributed by atoms with Crippen LogP contribution in [0.4, 0.5) is 32.0 Å². The normalized spacial score (nSPS) is 12.1. The zero-order valence-corrected chi connectivity index (χ0v) is 31.7. The first kappa shape index (κ1) is 37.3. The third-order valence-electron chi connectivity index (χ3n) is 11.0. The lowest BCUT2D eigenvalue weighted by atomic mass is 9.93. The zero-order valence-electron chi connectivity index (χ0n) is 31.7. The van der Waals surface area contributed by atoms with Gasteiger partial charge < -0.3 is 9.13 Å². The minimum atomic E-state index is -4.74. The van der Waals surface area contributed by atoms with Crippen LogP contribution in [0.15, 0.2) is 127 Å². The predicted octanol–water partition coefficient (Wildman–Crippen LogP) is 14.6. The molecule has 9 rings (SSSR count). The van der Waals surface area contributed by atoms with Gasteiger partial charge in [0.15, 0.2) is 5.69 Å². The molecule has 0 spiro atoms. The van der Waals surface area contributed by atoms with E-state index in [2.05, 4.69) is 39.7 Å². The first-order valence-corrected chi connectivity index (χ1v) is 18.6.